The SMILES string of the molecule is CCCCn1nc(NC(=O)c2cc(-c3cnn(C)c3)nc3onc(C)c23)cc1C. The van der Waals surface area contributed by atoms with Crippen molar-refractivity contribution in [1.82, 2.24) is 29.7 Å². The Morgan fingerprint density at radius 2 is 2.10 bits per heavy atom. The highest BCUT2D eigenvalue weighted by Crippen LogP contribution is 2.27. The molecular formula is C20H23N7O2. The van der Waals surface area contributed by atoms with Crippen LogP contribution >= 0.6 is 0 Å². The lowest BCUT2D eigenvalue weighted by Gasteiger charge is -2.06. The van der Waals surface area contributed by atoms with Crippen molar-refractivity contribution >= 4 is 22.8 Å². The lowest BCUT2D eigenvalue weighted by Crippen LogP contribution is -2.14. The fourth-order valence-corrected chi connectivity index (χ4v) is 3.26. The van der Waals surface area contributed by atoms with Crippen LogP contribution in [-0.2, 0) is 13.6 Å². The maximum Gasteiger partial charge on any atom is 0.259 e. The van der Waals surface area contributed by atoms with Crippen molar-refractivity contribution in [1.29, 1.82) is 0 Å². The van der Waals surface area contributed by atoms with E-state index in [-0.39, 0.29) is 5.91 Å². The molecule has 0 bridgehead atoms. The van der Waals surface area contributed by atoms with Gasteiger partial charge in [-0.05, 0) is 26.3 Å². The number of fused-ring (bicyclic) bond motifs is 1. The van der Waals surface area contributed by atoms with Gasteiger partial charge >= 0.3 is 0 Å². The molecule has 0 radical (unpaired) electrons. The van der Waals surface area contributed by atoms with E-state index in [1.165, 1.54) is 0 Å². The van der Waals surface area contributed by atoms with E-state index in [4.69, 9.17) is 4.52 Å². The summed E-state index contributed by atoms with van der Waals surface area (Å²) < 4.78 is 8.93. The van der Waals surface area contributed by atoms with Crippen molar-refractivity contribution in [2.75, 3.05) is 5.32 Å². The van der Waals surface area contributed by atoms with Crippen LogP contribution in [0.3, 0.4) is 0 Å². The minimum Gasteiger partial charge on any atom is -0.335 e. The molecule has 0 aliphatic carbocycles. The van der Waals surface area contributed by atoms with Gasteiger partial charge in [-0.1, -0.05) is 18.5 Å². The molecule has 0 aliphatic rings. The summed E-state index contributed by atoms with van der Waals surface area (Å²) in [6, 6.07) is 3.61. The van der Waals surface area contributed by atoms with Gasteiger partial charge in [0.05, 0.1) is 28.5 Å². The van der Waals surface area contributed by atoms with Crippen molar-refractivity contribution in [2.24, 2.45) is 7.05 Å². The van der Waals surface area contributed by atoms with Gasteiger partial charge in [0.1, 0.15) is 0 Å². The highest BCUT2D eigenvalue weighted by Gasteiger charge is 2.20. The molecule has 29 heavy (non-hydrogen) atoms. The Morgan fingerprint density at radius 3 is 2.83 bits per heavy atom. The number of carbonyl (C=O) groups excluding carboxylic acids is 1. The van der Waals surface area contributed by atoms with Gasteiger partial charge < -0.3 is 9.84 Å². The van der Waals surface area contributed by atoms with E-state index in [9.17, 15) is 4.79 Å². The third-order valence-corrected chi connectivity index (χ3v) is 4.81. The molecule has 0 saturated heterocycles. The van der Waals surface area contributed by atoms with Crippen LogP contribution in [-0.4, -0.2) is 35.6 Å². The average molecular weight is 393 g/mol. The molecule has 9 heteroatoms. The molecule has 0 aromatic carbocycles. The highest BCUT2D eigenvalue weighted by atomic mass is 16.5. The lowest BCUT2D eigenvalue weighted by molar-refractivity contribution is 0.102. The van der Waals surface area contributed by atoms with Crippen molar-refractivity contribution in [3.05, 3.63) is 41.5 Å². The molecule has 0 fully saturated rings. The van der Waals surface area contributed by atoms with Gasteiger partial charge in [0.25, 0.3) is 11.6 Å². The molecule has 150 valence electrons. The zero-order valence-corrected chi connectivity index (χ0v) is 16.9. The topological polar surface area (TPSA) is 104 Å². The van der Waals surface area contributed by atoms with Crippen LogP contribution in [0.25, 0.3) is 22.4 Å². The molecule has 0 saturated carbocycles. The van der Waals surface area contributed by atoms with Gasteiger partial charge in [-0.3, -0.25) is 14.2 Å². The predicted octanol–water partition coefficient (Wildman–Crippen LogP) is 3.49. The highest BCUT2D eigenvalue weighted by molar-refractivity contribution is 6.12. The standard InChI is InChI=1S/C20H23N7O2/c1-5-6-7-27-12(2)8-17(24-27)23-19(28)15-9-16(14-10-21-26(4)11-14)22-20-18(15)13(3)25-29-20/h8-11H,5-7H2,1-4H3,(H,23,24,28). The maximum absolute atomic E-state index is 13.1. The van der Waals surface area contributed by atoms with Gasteiger partial charge in [-0.25, -0.2) is 4.98 Å². The minimum absolute atomic E-state index is 0.283. The Hall–Kier alpha value is -3.49. The number of unbranched alkanes of at least 4 members (excludes halogenated alkanes) is 1. The van der Waals surface area contributed by atoms with Crippen molar-refractivity contribution in [2.45, 2.75) is 40.2 Å². The number of hydrogen-bond donors (Lipinski definition) is 1. The number of carbonyl (C=O) groups is 1. The fourth-order valence-electron chi connectivity index (χ4n) is 3.26. The summed E-state index contributed by atoms with van der Waals surface area (Å²) in [6.45, 7) is 6.73. The van der Waals surface area contributed by atoms with Crippen LogP contribution < -0.4 is 5.32 Å². The third-order valence-electron chi connectivity index (χ3n) is 4.81. The molecule has 9 nitrogen and oxygen atoms in total. The smallest absolute Gasteiger partial charge is 0.259 e. The van der Waals surface area contributed by atoms with Crippen LogP contribution in [0.4, 0.5) is 5.82 Å². The number of anilines is 1. The van der Waals surface area contributed by atoms with Crippen molar-refractivity contribution in [3.63, 3.8) is 0 Å². The van der Waals surface area contributed by atoms with Gasteiger partial charge in [0.15, 0.2) is 5.82 Å². The van der Waals surface area contributed by atoms with Crippen LogP contribution in [0, 0.1) is 13.8 Å². The molecule has 4 aromatic rings. The van der Waals surface area contributed by atoms with Crippen LogP contribution in [0.15, 0.2) is 29.0 Å². The van der Waals surface area contributed by atoms with E-state index in [1.54, 1.807) is 23.9 Å². The Morgan fingerprint density at radius 1 is 1.28 bits per heavy atom. The summed E-state index contributed by atoms with van der Waals surface area (Å²) in [5, 5.41) is 16.2. The van der Waals surface area contributed by atoms with Crippen molar-refractivity contribution in [3.8, 4) is 11.3 Å². The van der Waals surface area contributed by atoms with E-state index in [2.05, 4.69) is 32.6 Å². The Labute approximate surface area is 167 Å². The average Bonchev–Trinajstić information content (AvgIpc) is 3.39. The normalized spacial score (nSPS) is 11.3. The molecule has 0 unspecified atom stereocenters. The van der Waals surface area contributed by atoms with E-state index in [0.717, 1.165) is 30.6 Å². The first kappa shape index (κ1) is 18.9. The Bertz CT molecular complexity index is 1190. The minimum atomic E-state index is -0.283. The summed E-state index contributed by atoms with van der Waals surface area (Å²) >= 11 is 0. The maximum atomic E-state index is 13.1. The largest absolute Gasteiger partial charge is 0.335 e. The number of pyridine rings is 1. The van der Waals surface area contributed by atoms with Gasteiger partial charge in [0, 0.05) is 37.1 Å². The molecule has 0 spiro atoms. The zero-order chi connectivity index (χ0) is 20.5. The number of aryl methyl sites for hydroxylation is 4. The number of rotatable bonds is 6. The first-order valence-electron chi connectivity index (χ1n) is 9.58. The Balaban J connectivity index is 1.70. The summed E-state index contributed by atoms with van der Waals surface area (Å²) in [4.78, 5) is 17.6. The molecule has 1 amide bonds. The van der Waals surface area contributed by atoms with Gasteiger partial charge in [-0.2, -0.15) is 10.2 Å². The molecule has 4 rings (SSSR count). The third kappa shape index (κ3) is 3.63. The molecule has 0 aliphatic heterocycles. The summed E-state index contributed by atoms with van der Waals surface area (Å²) in [7, 11) is 1.82. The van der Waals surface area contributed by atoms with Gasteiger partial charge in [0.2, 0.25) is 0 Å². The van der Waals surface area contributed by atoms with E-state index in [0.29, 0.717) is 33.9 Å². The second-order valence-corrected chi connectivity index (χ2v) is 7.11. The Kier molecular flexibility index (Phi) is 4.87. The number of amides is 1. The predicted molar refractivity (Wildman–Crippen MR) is 109 cm³/mol. The van der Waals surface area contributed by atoms with Crippen molar-refractivity contribution < 1.29 is 9.32 Å². The second kappa shape index (κ2) is 7.50. The first-order chi connectivity index (χ1) is 14.0. The quantitative estimate of drug-likeness (QED) is 0.538. The number of nitrogens with one attached hydrogen (secondary N) is 1. The van der Waals surface area contributed by atoms with E-state index >= 15 is 0 Å². The molecule has 1 N–H and O–H groups in total. The second-order valence-electron chi connectivity index (χ2n) is 7.11. The summed E-state index contributed by atoms with van der Waals surface area (Å²) in [5.41, 5.74) is 3.76. The fraction of sp³-hybridized carbons (Fsp3) is 0.350. The number of nitrogens with zero attached hydrogens (tertiary/aromatic N) is 6. The van der Waals surface area contributed by atoms with Gasteiger partial charge in [-0.15, -0.1) is 0 Å². The molecular weight excluding hydrogens is 370 g/mol. The van der Waals surface area contributed by atoms with E-state index in [1.807, 2.05) is 30.9 Å². The van der Waals surface area contributed by atoms with Crippen LogP contribution in [0.2, 0.25) is 0 Å². The number of hydrogen-bond acceptors (Lipinski definition) is 6. The summed E-state index contributed by atoms with van der Waals surface area (Å²) in [6.07, 6.45) is 5.64. The van der Waals surface area contributed by atoms with Crippen LogP contribution in [0.1, 0.15) is 41.5 Å². The molecule has 0 atom stereocenters. The molecule has 4 heterocycles. The lowest BCUT2D eigenvalue weighted by atomic mass is 10.1. The van der Waals surface area contributed by atoms with E-state index < -0.39 is 0 Å². The zero-order valence-electron chi connectivity index (χ0n) is 16.9. The number of aromatic nitrogens is 6. The summed E-state index contributed by atoms with van der Waals surface area (Å²) in [5.74, 6) is 0.236. The monoisotopic (exact) mass is 393 g/mol. The molecule has 4 aromatic heterocycles. The van der Waals surface area contributed by atoms with Crippen LogP contribution in [0.5, 0.6) is 0 Å². The first-order valence-corrected chi connectivity index (χ1v) is 9.58.